The van der Waals surface area contributed by atoms with Crippen molar-refractivity contribution in [3.8, 4) is 0 Å². The molecule has 0 saturated carbocycles. The number of halogens is 1. The van der Waals surface area contributed by atoms with Gasteiger partial charge in [0.15, 0.2) is 9.84 Å². The molecule has 5 nitrogen and oxygen atoms in total. The number of rotatable bonds is 4. The molecular formula is C19H21ClN2O3S. The van der Waals surface area contributed by atoms with Gasteiger partial charge in [0.1, 0.15) is 0 Å². The maximum Gasteiger partial charge on any atom is 0.318 e. The van der Waals surface area contributed by atoms with Gasteiger partial charge in [-0.15, -0.1) is 0 Å². The average Bonchev–Trinajstić information content (AvgIpc) is 3.07. The Kier molecular flexibility index (Phi) is 5.25. The molecule has 1 atom stereocenters. The minimum Gasteiger partial charge on any atom is -0.331 e. The van der Waals surface area contributed by atoms with E-state index in [-0.39, 0.29) is 17.8 Å². The van der Waals surface area contributed by atoms with E-state index in [1.54, 1.807) is 36.1 Å². The molecule has 0 saturated heterocycles. The minimum atomic E-state index is -3.22. The Morgan fingerprint density at radius 3 is 2.50 bits per heavy atom. The number of benzene rings is 2. The van der Waals surface area contributed by atoms with Crippen molar-refractivity contribution in [3.63, 3.8) is 0 Å². The molecule has 26 heavy (non-hydrogen) atoms. The number of nitrogens with zero attached hydrogens (tertiary/aromatic N) is 1. The molecule has 1 aliphatic heterocycles. The van der Waals surface area contributed by atoms with E-state index in [1.807, 2.05) is 25.1 Å². The van der Waals surface area contributed by atoms with Crippen molar-refractivity contribution in [3.05, 3.63) is 64.2 Å². The standard InChI is InChI=1S/C19H21ClN2O3S/c1-3-26(24,25)16-9-7-14(8-10-16)13(2)21-19(23)22-11-15-5-4-6-18(20)17(15)12-22/h4-10,13H,3,11-12H2,1-2H3,(H,21,23). The Hall–Kier alpha value is -2.05. The zero-order valence-corrected chi connectivity index (χ0v) is 16.3. The van der Waals surface area contributed by atoms with Crippen LogP contribution in [0.4, 0.5) is 4.79 Å². The number of hydrogen-bond acceptors (Lipinski definition) is 3. The molecule has 2 aromatic carbocycles. The van der Waals surface area contributed by atoms with E-state index in [2.05, 4.69) is 5.32 Å². The van der Waals surface area contributed by atoms with Crippen LogP contribution in [-0.4, -0.2) is 25.1 Å². The van der Waals surface area contributed by atoms with Crippen molar-refractivity contribution in [1.29, 1.82) is 0 Å². The van der Waals surface area contributed by atoms with Gasteiger partial charge in [0.05, 0.1) is 16.7 Å². The highest BCUT2D eigenvalue weighted by molar-refractivity contribution is 7.91. The molecule has 0 fully saturated rings. The summed E-state index contributed by atoms with van der Waals surface area (Å²) in [4.78, 5) is 14.6. The average molecular weight is 393 g/mol. The highest BCUT2D eigenvalue weighted by Gasteiger charge is 2.26. The van der Waals surface area contributed by atoms with Gasteiger partial charge in [-0.1, -0.05) is 42.8 Å². The van der Waals surface area contributed by atoms with E-state index in [4.69, 9.17) is 11.6 Å². The molecule has 2 amide bonds. The second kappa shape index (κ2) is 7.29. The maximum absolute atomic E-state index is 12.6. The molecule has 3 rings (SSSR count). The molecule has 0 bridgehead atoms. The second-order valence-electron chi connectivity index (χ2n) is 6.38. The van der Waals surface area contributed by atoms with Gasteiger partial charge in [0.2, 0.25) is 0 Å². The summed E-state index contributed by atoms with van der Waals surface area (Å²) in [6.45, 7) is 4.51. The number of urea groups is 1. The zero-order valence-electron chi connectivity index (χ0n) is 14.7. The number of sulfone groups is 1. The fraction of sp³-hybridized carbons (Fsp3) is 0.316. The van der Waals surface area contributed by atoms with Crippen molar-refractivity contribution in [1.82, 2.24) is 10.2 Å². The number of carbonyl (C=O) groups is 1. The number of carbonyl (C=O) groups excluding carboxylic acids is 1. The van der Waals surface area contributed by atoms with Crippen LogP contribution in [0.15, 0.2) is 47.4 Å². The van der Waals surface area contributed by atoms with Crippen LogP contribution >= 0.6 is 11.6 Å². The van der Waals surface area contributed by atoms with Crippen LogP contribution in [0.25, 0.3) is 0 Å². The Balaban J connectivity index is 1.66. The smallest absolute Gasteiger partial charge is 0.318 e. The predicted molar refractivity (Wildman–Crippen MR) is 102 cm³/mol. The predicted octanol–water partition coefficient (Wildman–Crippen LogP) is 3.92. The maximum atomic E-state index is 12.6. The van der Waals surface area contributed by atoms with Gasteiger partial charge in [-0.25, -0.2) is 13.2 Å². The molecule has 1 heterocycles. The lowest BCUT2D eigenvalue weighted by Gasteiger charge is -2.21. The third kappa shape index (κ3) is 3.71. The molecule has 1 aliphatic rings. The summed E-state index contributed by atoms with van der Waals surface area (Å²) in [6.07, 6.45) is 0. The van der Waals surface area contributed by atoms with Gasteiger partial charge in [-0.05, 0) is 41.8 Å². The highest BCUT2D eigenvalue weighted by Crippen LogP contribution is 2.29. The molecule has 0 aromatic heterocycles. The normalized spacial score (nSPS) is 14.8. The third-order valence-electron chi connectivity index (χ3n) is 4.67. The number of hydrogen-bond donors (Lipinski definition) is 1. The van der Waals surface area contributed by atoms with E-state index in [0.29, 0.717) is 23.0 Å². The number of amides is 2. The Labute approximate surface area is 158 Å². The molecule has 1 N–H and O–H groups in total. The van der Waals surface area contributed by atoms with Crippen LogP contribution in [0, 0.1) is 0 Å². The van der Waals surface area contributed by atoms with E-state index in [1.165, 1.54) is 0 Å². The first-order valence-electron chi connectivity index (χ1n) is 8.46. The summed E-state index contributed by atoms with van der Waals surface area (Å²) >= 11 is 6.20. The Bertz CT molecular complexity index is 926. The van der Waals surface area contributed by atoms with Crippen LogP contribution in [0.5, 0.6) is 0 Å². The van der Waals surface area contributed by atoms with Gasteiger partial charge in [0.25, 0.3) is 0 Å². The second-order valence-corrected chi connectivity index (χ2v) is 9.06. The van der Waals surface area contributed by atoms with Crippen molar-refractivity contribution < 1.29 is 13.2 Å². The summed E-state index contributed by atoms with van der Waals surface area (Å²) in [5.74, 6) is 0.0662. The minimum absolute atomic E-state index is 0.0662. The van der Waals surface area contributed by atoms with Gasteiger partial charge >= 0.3 is 6.03 Å². The molecule has 2 aromatic rings. The first-order chi connectivity index (χ1) is 12.3. The fourth-order valence-electron chi connectivity index (χ4n) is 3.01. The lowest BCUT2D eigenvalue weighted by Crippen LogP contribution is -2.37. The van der Waals surface area contributed by atoms with Crippen LogP contribution < -0.4 is 5.32 Å². The number of fused-ring (bicyclic) bond motifs is 1. The van der Waals surface area contributed by atoms with Crippen molar-refractivity contribution >= 4 is 27.5 Å². The first-order valence-corrected chi connectivity index (χ1v) is 10.5. The molecular weight excluding hydrogens is 372 g/mol. The van der Waals surface area contributed by atoms with E-state index in [0.717, 1.165) is 16.7 Å². The van der Waals surface area contributed by atoms with E-state index >= 15 is 0 Å². The lowest BCUT2D eigenvalue weighted by atomic mass is 10.1. The summed E-state index contributed by atoms with van der Waals surface area (Å²) in [6, 6.07) is 11.9. The first kappa shape index (κ1) is 18.7. The van der Waals surface area contributed by atoms with Gasteiger partial charge < -0.3 is 10.2 Å². The third-order valence-corrected chi connectivity index (χ3v) is 6.78. The summed E-state index contributed by atoms with van der Waals surface area (Å²) in [5, 5.41) is 3.64. The van der Waals surface area contributed by atoms with Crippen molar-refractivity contribution in [2.45, 2.75) is 37.9 Å². The summed E-state index contributed by atoms with van der Waals surface area (Å²) in [7, 11) is -3.22. The van der Waals surface area contributed by atoms with Crippen molar-refractivity contribution in [2.75, 3.05) is 5.75 Å². The van der Waals surface area contributed by atoms with E-state index < -0.39 is 9.84 Å². The van der Waals surface area contributed by atoms with Crippen LogP contribution in [0.2, 0.25) is 5.02 Å². The SMILES string of the molecule is CCS(=O)(=O)c1ccc(C(C)NC(=O)N2Cc3cccc(Cl)c3C2)cc1. The van der Waals surface area contributed by atoms with E-state index in [9.17, 15) is 13.2 Å². The number of nitrogens with one attached hydrogen (secondary N) is 1. The molecule has 0 spiro atoms. The molecule has 7 heteroatoms. The van der Waals surface area contributed by atoms with Crippen LogP contribution in [0.1, 0.15) is 36.6 Å². The van der Waals surface area contributed by atoms with Crippen LogP contribution in [0.3, 0.4) is 0 Å². The fourth-order valence-corrected chi connectivity index (χ4v) is 4.15. The summed E-state index contributed by atoms with van der Waals surface area (Å²) < 4.78 is 23.8. The zero-order chi connectivity index (χ0) is 18.9. The highest BCUT2D eigenvalue weighted by atomic mass is 35.5. The molecule has 0 radical (unpaired) electrons. The molecule has 1 unspecified atom stereocenters. The Morgan fingerprint density at radius 2 is 1.88 bits per heavy atom. The topological polar surface area (TPSA) is 66.5 Å². The Morgan fingerprint density at radius 1 is 1.19 bits per heavy atom. The largest absolute Gasteiger partial charge is 0.331 e. The van der Waals surface area contributed by atoms with Gasteiger partial charge in [-0.3, -0.25) is 0 Å². The van der Waals surface area contributed by atoms with Crippen LogP contribution in [-0.2, 0) is 22.9 Å². The summed E-state index contributed by atoms with van der Waals surface area (Å²) in [5.41, 5.74) is 2.91. The molecule has 138 valence electrons. The van der Waals surface area contributed by atoms with Crippen molar-refractivity contribution in [2.24, 2.45) is 0 Å². The van der Waals surface area contributed by atoms with Gasteiger partial charge in [0, 0.05) is 18.1 Å². The van der Waals surface area contributed by atoms with Gasteiger partial charge in [-0.2, -0.15) is 0 Å². The molecule has 0 aliphatic carbocycles. The monoisotopic (exact) mass is 392 g/mol. The lowest BCUT2D eigenvalue weighted by molar-refractivity contribution is 0.195. The quantitative estimate of drug-likeness (QED) is 0.857.